The van der Waals surface area contributed by atoms with Crippen LogP contribution in [0.1, 0.15) is 11.1 Å². The van der Waals surface area contributed by atoms with Crippen LogP contribution in [0.15, 0.2) is 102 Å². The molecule has 6 nitrogen and oxygen atoms in total. The van der Waals surface area contributed by atoms with Crippen LogP contribution in [0, 0.1) is 0 Å². The number of nitrogens with zero attached hydrogens (tertiary/aromatic N) is 1. The summed E-state index contributed by atoms with van der Waals surface area (Å²) >= 11 is 0. The monoisotopic (exact) mass is 445 g/mol. The predicted molar refractivity (Wildman–Crippen MR) is 124 cm³/mol. The Hall–Kier alpha value is -3.55. The number of aromatic nitrogens is 1. The minimum absolute atomic E-state index is 0.0459. The Balaban J connectivity index is 1.60. The first-order valence-electron chi connectivity index (χ1n) is 10.2. The van der Waals surface area contributed by atoms with Crippen LogP contribution in [0.25, 0.3) is 10.9 Å². The van der Waals surface area contributed by atoms with E-state index in [1.54, 1.807) is 30.5 Å². The largest absolute Gasteiger partial charge is 0.351 e. The second-order valence-corrected chi connectivity index (χ2v) is 9.08. The highest BCUT2D eigenvalue weighted by molar-refractivity contribution is 7.89. The summed E-state index contributed by atoms with van der Waals surface area (Å²) < 4.78 is 29.2. The molecular weight excluding hydrogens is 422 g/mol. The minimum Gasteiger partial charge on any atom is -0.351 e. The van der Waals surface area contributed by atoms with Gasteiger partial charge in [0, 0.05) is 18.1 Å². The third-order valence-corrected chi connectivity index (χ3v) is 6.59. The Morgan fingerprint density at radius 2 is 1.47 bits per heavy atom. The zero-order valence-corrected chi connectivity index (χ0v) is 18.1. The smallest absolute Gasteiger partial charge is 0.243 e. The van der Waals surface area contributed by atoms with Crippen molar-refractivity contribution in [2.45, 2.75) is 23.9 Å². The van der Waals surface area contributed by atoms with E-state index in [-0.39, 0.29) is 11.3 Å². The van der Waals surface area contributed by atoms with Gasteiger partial charge in [0.15, 0.2) is 0 Å². The summed E-state index contributed by atoms with van der Waals surface area (Å²) in [6, 6.07) is 26.3. The van der Waals surface area contributed by atoms with E-state index in [9.17, 15) is 13.2 Å². The number of carbonyl (C=O) groups is 1. The first-order chi connectivity index (χ1) is 15.5. The number of fused-ring (bicyclic) bond motifs is 1. The Kier molecular flexibility index (Phi) is 6.58. The number of hydrogen-bond acceptors (Lipinski definition) is 4. The van der Waals surface area contributed by atoms with Crippen molar-refractivity contribution in [2.24, 2.45) is 0 Å². The van der Waals surface area contributed by atoms with Crippen LogP contribution in [-0.4, -0.2) is 25.4 Å². The number of nitrogens with one attached hydrogen (secondary N) is 2. The molecule has 162 valence electrons. The summed E-state index contributed by atoms with van der Waals surface area (Å²) in [5.41, 5.74) is 2.15. The van der Waals surface area contributed by atoms with E-state index in [0.29, 0.717) is 17.4 Å². The first kappa shape index (κ1) is 21.7. The third-order valence-electron chi connectivity index (χ3n) is 5.09. The van der Waals surface area contributed by atoms with Crippen molar-refractivity contribution < 1.29 is 13.2 Å². The molecule has 1 aromatic heterocycles. The lowest BCUT2D eigenvalue weighted by Gasteiger charge is -2.19. The zero-order chi connectivity index (χ0) is 22.4. The summed E-state index contributed by atoms with van der Waals surface area (Å²) in [5.74, 6) is -0.394. The molecule has 0 aliphatic rings. The number of hydrogen-bond donors (Lipinski definition) is 2. The van der Waals surface area contributed by atoms with E-state index in [0.717, 1.165) is 11.1 Å². The Bertz CT molecular complexity index is 1300. The van der Waals surface area contributed by atoms with Gasteiger partial charge in [0.05, 0.1) is 5.52 Å². The van der Waals surface area contributed by atoms with E-state index >= 15 is 0 Å². The molecule has 0 saturated carbocycles. The van der Waals surface area contributed by atoms with Crippen LogP contribution in [0.5, 0.6) is 0 Å². The minimum atomic E-state index is -4.01. The van der Waals surface area contributed by atoms with Gasteiger partial charge in [-0.3, -0.25) is 9.78 Å². The van der Waals surface area contributed by atoms with Crippen LogP contribution in [0.3, 0.4) is 0 Å². The van der Waals surface area contributed by atoms with Gasteiger partial charge in [0.2, 0.25) is 15.9 Å². The molecule has 0 aliphatic carbocycles. The second-order valence-electron chi connectivity index (χ2n) is 7.40. The summed E-state index contributed by atoms with van der Waals surface area (Å²) in [6.07, 6.45) is 1.77. The van der Waals surface area contributed by atoms with Gasteiger partial charge in [-0.05, 0) is 29.7 Å². The SMILES string of the molecule is O=C(NCc1ccccc1)C(Cc1ccccc1)NS(=O)(=O)c1cccc2cccnc12. The topological polar surface area (TPSA) is 88.2 Å². The van der Waals surface area contributed by atoms with Crippen LogP contribution in [-0.2, 0) is 27.8 Å². The lowest BCUT2D eigenvalue weighted by molar-refractivity contribution is -0.122. The van der Waals surface area contributed by atoms with Crippen LogP contribution >= 0.6 is 0 Å². The van der Waals surface area contributed by atoms with Crippen molar-refractivity contribution in [3.05, 3.63) is 108 Å². The van der Waals surface area contributed by atoms with Gasteiger partial charge >= 0.3 is 0 Å². The molecule has 0 saturated heterocycles. The molecule has 0 bridgehead atoms. The molecule has 3 aromatic carbocycles. The third kappa shape index (κ3) is 5.19. The number of carbonyl (C=O) groups excluding carboxylic acids is 1. The molecule has 1 amide bonds. The fourth-order valence-electron chi connectivity index (χ4n) is 3.49. The quantitative estimate of drug-likeness (QED) is 0.435. The van der Waals surface area contributed by atoms with E-state index in [1.807, 2.05) is 60.7 Å². The molecule has 1 atom stereocenters. The number of para-hydroxylation sites is 1. The lowest BCUT2D eigenvalue weighted by Crippen LogP contribution is -2.47. The van der Waals surface area contributed by atoms with Gasteiger partial charge in [-0.1, -0.05) is 78.9 Å². The number of sulfonamides is 1. The Morgan fingerprint density at radius 3 is 2.19 bits per heavy atom. The summed E-state index contributed by atoms with van der Waals surface area (Å²) in [7, 11) is -4.01. The molecule has 0 spiro atoms. The number of benzene rings is 3. The fraction of sp³-hybridized carbons (Fsp3) is 0.120. The van der Waals surface area contributed by atoms with Gasteiger partial charge < -0.3 is 5.32 Å². The molecule has 1 heterocycles. The average Bonchev–Trinajstić information content (AvgIpc) is 2.83. The molecule has 7 heteroatoms. The van der Waals surface area contributed by atoms with Crippen molar-refractivity contribution in [1.82, 2.24) is 15.0 Å². The number of pyridine rings is 1. The predicted octanol–water partition coefficient (Wildman–Crippen LogP) is 3.44. The summed E-state index contributed by atoms with van der Waals surface area (Å²) in [4.78, 5) is 17.3. The van der Waals surface area contributed by atoms with E-state index in [2.05, 4.69) is 15.0 Å². The average molecular weight is 446 g/mol. The van der Waals surface area contributed by atoms with E-state index in [1.165, 1.54) is 6.07 Å². The number of rotatable bonds is 8. The summed E-state index contributed by atoms with van der Waals surface area (Å²) in [5, 5.41) is 3.56. The molecule has 32 heavy (non-hydrogen) atoms. The van der Waals surface area contributed by atoms with Crippen molar-refractivity contribution >= 4 is 26.8 Å². The van der Waals surface area contributed by atoms with Gasteiger partial charge in [0.1, 0.15) is 10.9 Å². The Morgan fingerprint density at radius 1 is 0.812 bits per heavy atom. The highest BCUT2D eigenvalue weighted by Crippen LogP contribution is 2.21. The van der Waals surface area contributed by atoms with Gasteiger partial charge in [-0.2, -0.15) is 4.72 Å². The number of amides is 1. The van der Waals surface area contributed by atoms with Crippen molar-refractivity contribution in [2.75, 3.05) is 0 Å². The highest BCUT2D eigenvalue weighted by atomic mass is 32.2. The van der Waals surface area contributed by atoms with Crippen molar-refractivity contribution in [1.29, 1.82) is 0 Å². The molecule has 1 unspecified atom stereocenters. The normalized spacial score (nSPS) is 12.4. The van der Waals surface area contributed by atoms with Gasteiger partial charge in [-0.15, -0.1) is 0 Å². The molecule has 4 rings (SSSR count). The standard InChI is InChI=1S/C25H23N3O3S/c29-25(27-18-20-11-5-2-6-12-20)22(17-19-9-3-1-4-10-19)28-32(30,31)23-15-7-13-21-14-8-16-26-24(21)23/h1-16,22,28H,17-18H2,(H,27,29). The zero-order valence-electron chi connectivity index (χ0n) is 17.3. The molecule has 2 N–H and O–H groups in total. The molecular formula is C25H23N3O3S. The second kappa shape index (κ2) is 9.72. The van der Waals surface area contributed by atoms with Crippen LogP contribution in [0.2, 0.25) is 0 Å². The van der Waals surface area contributed by atoms with E-state index < -0.39 is 22.0 Å². The van der Waals surface area contributed by atoms with Gasteiger partial charge in [-0.25, -0.2) is 8.42 Å². The van der Waals surface area contributed by atoms with Crippen LogP contribution in [0.4, 0.5) is 0 Å². The maximum absolute atomic E-state index is 13.3. The van der Waals surface area contributed by atoms with Crippen molar-refractivity contribution in [3.8, 4) is 0 Å². The molecule has 0 aliphatic heterocycles. The fourth-order valence-corrected chi connectivity index (χ4v) is 4.86. The highest BCUT2D eigenvalue weighted by Gasteiger charge is 2.27. The molecule has 0 radical (unpaired) electrons. The summed E-state index contributed by atoms with van der Waals surface area (Å²) in [6.45, 7) is 0.308. The maximum atomic E-state index is 13.3. The maximum Gasteiger partial charge on any atom is 0.243 e. The first-order valence-corrected chi connectivity index (χ1v) is 11.7. The lowest BCUT2D eigenvalue weighted by atomic mass is 10.1. The Labute approximate surface area is 187 Å². The van der Waals surface area contributed by atoms with E-state index in [4.69, 9.17) is 0 Å². The van der Waals surface area contributed by atoms with Crippen LogP contribution < -0.4 is 10.0 Å². The molecule has 0 fully saturated rings. The van der Waals surface area contributed by atoms with Crippen molar-refractivity contribution in [3.63, 3.8) is 0 Å². The molecule has 4 aromatic rings. The van der Waals surface area contributed by atoms with Gasteiger partial charge in [0.25, 0.3) is 0 Å².